The minimum atomic E-state index is -2.59. The Balaban J connectivity index is 2.17. The molecular formula is C9H16F2O. The molecule has 0 aromatic rings. The van der Waals surface area contributed by atoms with Crippen molar-refractivity contribution < 1.29 is 13.5 Å². The van der Waals surface area contributed by atoms with Gasteiger partial charge in [0.25, 0.3) is 0 Å². The molecule has 1 nitrogen and oxygen atoms in total. The standard InChI is InChI=1S/C9H16F2O/c1-2-7-3-5-8(6-4-7)12-9(10)11/h7-9H,2-6H2,1H3/t7-,8-. The van der Waals surface area contributed by atoms with E-state index in [2.05, 4.69) is 11.7 Å². The monoisotopic (exact) mass is 178 g/mol. The van der Waals surface area contributed by atoms with E-state index >= 15 is 0 Å². The Bertz CT molecular complexity index is 120. The zero-order valence-electron chi connectivity index (χ0n) is 7.43. The maximum absolute atomic E-state index is 11.8. The van der Waals surface area contributed by atoms with Crippen molar-refractivity contribution in [3.63, 3.8) is 0 Å². The summed E-state index contributed by atoms with van der Waals surface area (Å²) in [4.78, 5) is 0. The Kier molecular flexibility index (Phi) is 3.92. The first-order chi connectivity index (χ1) is 5.72. The molecule has 3 heteroatoms. The van der Waals surface area contributed by atoms with Crippen molar-refractivity contribution in [1.29, 1.82) is 0 Å². The summed E-state index contributed by atoms with van der Waals surface area (Å²) in [6.07, 6.45) is 4.70. The number of rotatable bonds is 3. The van der Waals surface area contributed by atoms with Gasteiger partial charge in [-0.1, -0.05) is 13.3 Å². The van der Waals surface area contributed by atoms with Crippen LogP contribution in [0.3, 0.4) is 0 Å². The van der Waals surface area contributed by atoms with Gasteiger partial charge in [0.2, 0.25) is 0 Å². The van der Waals surface area contributed by atoms with Gasteiger partial charge >= 0.3 is 6.61 Å². The fourth-order valence-electron chi connectivity index (χ4n) is 1.82. The highest BCUT2D eigenvalue weighted by Gasteiger charge is 2.22. The van der Waals surface area contributed by atoms with E-state index in [4.69, 9.17) is 0 Å². The third-order valence-corrected chi connectivity index (χ3v) is 2.67. The van der Waals surface area contributed by atoms with Gasteiger partial charge in [-0.2, -0.15) is 8.78 Å². The highest BCUT2D eigenvalue weighted by molar-refractivity contribution is 4.71. The van der Waals surface area contributed by atoms with E-state index in [-0.39, 0.29) is 6.10 Å². The zero-order chi connectivity index (χ0) is 8.97. The molecule has 1 rings (SSSR count). The Labute approximate surface area is 72.1 Å². The number of alkyl halides is 2. The lowest BCUT2D eigenvalue weighted by atomic mass is 9.86. The van der Waals surface area contributed by atoms with Crippen LogP contribution in [0, 0.1) is 5.92 Å². The molecule has 72 valence electrons. The van der Waals surface area contributed by atoms with Crippen molar-refractivity contribution >= 4 is 0 Å². The summed E-state index contributed by atoms with van der Waals surface area (Å²) in [5, 5.41) is 0. The molecule has 1 fully saturated rings. The summed E-state index contributed by atoms with van der Waals surface area (Å²) in [6.45, 7) is -0.438. The van der Waals surface area contributed by atoms with E-state index in [1.165, 1.54) is 6.42 Å². The van der Waals surface area contributed by atoms with E-state index in [0.717, 1.165) is 31.6 Å². The predicted octanol–water partition coefficient (Wildman–Crippen LogP) is 3.19. The summed E-state index contributed by atoms with van der Waals surface area (Å²) in [6, 6.07) is 0. The van der Waals surface area contributed by atoms with Gasteiger partial charge in [-0.3, -0.25) is 0 Å². The van der Waals surface area contributed by atoms with Crippen molar-refractivity contribution in [3.05, 3.63) is 0 Å². The summed E-state index contributed by atoms with van der Waals surface area (Å²) >= 11 is 0. The molecule has 0 aromatic carbocycles. The van der Waals surface area contributed by atoms with Crippen LogP contribution in [0.15, 0.2) is 0 Å². The second-order valence-electron chi connectivity index (χ2n) is 3.45. The maximum Gasteiger partial charge on any atom is 0.345 e. The van der Waals surface area contributed by atoms with Crippen molar-refractivity contribution in [2.45, 2.75) is 51.7 Å². The van der Waals surface area contributed by atoms with Crippen LogP contribution in [-0.4, -0.2) is 12.7 Å². The highest BCUT2D eigenvalue weighted by Crippen LogP contribution is 2.28. The third-order valence-electron chi connectivity index (χ3n) is 2.67. The van der Waals surface area contributed by atoms with Crippen molar-refractivity contribution in [2.75, 3.05) is 0 Å². The largest absolute Gasteiger partial charge is 0.345 e. The van der Waals surface area contributed by atoms with Gasteiger partial charge in [0.1, 0.15) is 0 Å². The van der Waals surface area contributed by atoms with Crippen LogP contribution < -0.4 is 0 Å². The van der Waals surface area contributed by atoms with Crippen LogP contribution in [0.25, 0.3) is 0 Å². The first kappa shape index (κ1) is 9.90. The molecule has 0 bridgehead atoms. The lowest BCUT2D eigenvalue weighted by Crippen LogP contribution is -2.23. The molecule has 0 spiro atoms. The molecule has 0 N–H and O–H groups in total. The number of hydrogen-bond acceptors (Lipinski definition) is 1. The first-order valence-electron chi connectivity index (χ1n) is 4.66. The Morgan fingerprint density at radius 1 is 1.25 bits per heavy atom. The van der Waals surface area contributed by atoms with Gasteiger partial charge < -0.3 is 4.74 Å². The highest BCUT2D eigenvalue weighted by atomic mass is 19.3. The molecule has 0 saturated heterocycles. The van der Waals surface area contributed by atoms with Crippen LogP contribution in [0.2, 0.25) is 0 Å². The zero-order valence-corrected chi connectivity index (χ0v) is 7.43. The first-order valence-corrected chi connectivity index (χ1v) is 4.66. The molecule has 0 heterocycles. The SMILES string of the molecule is CC[C@H]1CC[C@H](OC(F)F)CC1. The molecule has 1 saturated carbocycles. The predicted molar refractivity (Wildman–Crippen MR) is 43.1 cm³/mol. The minimum Gasteiger partial charge on any atom is -0.320 e. The average molecular weight is 178 g/mol. The molecule has 1 aliphatic rings. The number of ether oxygens (including phenoxy) is 1. The van der Waals surface area contributed by atoms with E-state index in [0.29, 0.717) is 0 Å². The molecule has 0 aromatic heterocycles. The average Bonchev–Trinajstić information content (AvgIpc) is 2.05. The van der Waals surface area contributed by atoms with Gasteiger partial charge in [-0.05, 0) is 31.6 Å². The van der Waals surface area contributed by atoms with E-state index in [1.807, 2.05) is 0 Å². The molecule has 12 heavy (non-hydrogen) atoms. The van der Waals surface area contributed by atoms with E-state index in [9.17, 15) is 8.78 Å². The van der Waals surface area contributed by atoms with Crippen LogP contribution in [0.1, 0.15) is 39.0 Å². The Morgan fingerprint density at radius 3 is 2.25 bits per heavy atom. The van der Waals surface area contributed by atoms with E-state index in [1.54, 1.807) is 0 Å². The van der Waals surface area contributed by atoms with Crippen LogP contribution in [0.4, 0.5) is 8.78 Å². The molecule has 0 amide bonds. The number of hydrogen-bond donors (Lipinski definition) is 0. The topological polar surface area (TPSA) is 9.23 Å². The second-order valence-corrected chi connectivity index (χ2v) is 3.45. The fourth-order valence-corrected chi connectivity index (χ4v) is 1.82. The molecule has 0 radical (unpaired) electrons. The van der Waals surface area contributed by atoms with Crippen molar-refractivity contribution in [2.24, 2.45) is 5.92 Å². The summed E-state index contributed by atoms with van der Waals surface area (Å²) in [7, 11) is 0. The molecule has 1 aliphatic carbocycles. The molecule has 0 aliphatic heterocycles. The van der Waals surface area contributed by atoms with E-state index < -0.39 is 6.61 Å². The van der Waals surface area contributed by atoms with Crippen LogP contribution in [0.5, 0.6) is 0 Å². The maximum atomic E-state index is 11.8. The minimum absolute atomic E-state index is 0.187. The quantitative estimate of drug-likeness (QED) is 0.644. The van der Waals surface area contributed by atoms with Gasteiger partial charge in [-0.25, -0.2) is 0 Å². The fraction of sp³-hybridized carbons (Fsp3) is 1.00. The molecule has 0 unspecified atom stereocenters. The van der Waals surface area contributed by atoms with Crippen molar-refractivity contribution in [3.8, 4) is 0 Å². The van der Waals surface area contributed by atoms with Gasteiger partial charge in [0.05, 0.1) is 6.10 Å². The Hall–Kier alpha value is -0.180. The van der Waals surface area contributed by atoms with Crippen LogP contribution >= 0.6 is 0 Å². The van der Waals surface area contributed by atoms with Gasteiger partial charge in [-0.15, -0.1) is 0 Å². The lowest BCUT2D eigenvalue weighted by Gasteiger charge is -2.27. The lowest BCUT2D eigenvalue weighted by molar-refractivity contribution is -0.171. The molecular weight excluding hydrogens is 162 g/mol. The summed E-state index contributed by atoms with van der Waals surface area (Å²) in [5.41, 5.74) is 0. The van der Waals surface area contributed by atoms with Gasteiger partial charge in [0, 0.05) is 0 Å². The Morgan fingerprint density at radius 2 is 1.83 bits per heavy atom. The normalized spacial score (nSPS) is 31.0. The third kappa shape index (κ3) is 3.05. The second kappa shape index (κ2) is 4.75. The summed E-state index contributed by atoms with van der Waals surface area (Å²) in [5.74, 6) is 0.738. The van der Waals surface area contributed by atoms with Crippen LogP contribution in [-0.2, 0) is 4.74 Å². The molecule has 0 atom stereocenters. The number of halogens is 2. The smallest absolute Gasteiger partial charge is 0.320 e. The van der Waals surface area contributed by atoms with Crippen molar-refractivity contribution in [1.82, 2.24) is 0 Å². The van der Waals surface area contributed by atoms with Gasteiger partial charge in [0.15, 0.2) is 0 Å². The summed E-state index contributed by atoms with van der Waals surface area (Å²) < 4.78 is 28.0.